The van der Waals surface area contributed by atoms with Crippen molar-refractivity contribution in [1.82, 2.24) is 10.2 Å². The summed E-state index contributed by atoms with van der Waals surface area (Å²) < 4.78 is 5.17. The fourth-order valence-corrected chi connectivity index (χ4v) is 3.45. The minimum atomic E-state index is -0.192. The highest BCUT2D eigenvalue weighted by atomic mass is 16.5. The van der Waals surface area contributed by atoms with Gasteiger partial charge in [0.2, 0.25) is 5.91 Å². The number of allylic oxidation sites excluding steroid dienone is 1. The van der Waals surface area contributed by atoms with Gasteiger partial charge in [0, 0.05) is 18.7 Å². The number of nitriles is 1. The lowest BCUT2D eigenvalue weighted by Crippen LogP contribution is -2.57. The number of hydrogen-bond donors (Lipinski definition) is 1. The summed E-state index contributed by atoms with van der Waals surface area (Å²) in [6, 6.07) is 9.49. The van der Waals surface area contributed by atoms with Crippen molar-refractivity contribution in [3.05, 3.63) is 35.9 Å². The van der Waals surface area contributed by atoms with E-state index < -0.39 is 0 Å². The maximum atomic E-state index is 12.3. The molecule has 23 heavy (non-hydrogen) atoms. The van der Waals surface area contributed by atoms with Gasteiger partial charge in [-0.15, -0.1) is 0 Å². The SMILES string of the molecule is COc1cccc(C(C#N)=CC(=O)NC2CN3CCC2CC3)c1. The van der Waals surface area contributed by atoms with Crippen LogP contribution >= 0.6 is 0 Å². The van der Waals surface area contributed by atoms with Gasteiger partial charge in [0.15, 0.2) is 0 Å². The number of methoxy groups -OCH3 is 1. The third-order valence-corrected chi connectivity index (χ3v) is 4.76. The van der Waals surface area contributed by atoms with E-state index in [0.29, 0.717) is 22.8 Å². The molecule has 1 atom stereocenters. The van der Waals surface area contributed by atoms with Gasteiger partial charge in [-0.3, -0.25) is 4.79 Å². The first-order valence-corrected chi connectivity index (χ1v) is 7.98. The van der Waals surface area contributed by atoms with Crippen LogP contribution in [0.1, 0.15) is 18.4 Å². The van der Waals surface area contributed by atoms with Gasteiger partial charge in [0.25, 0.3) is 0 Å². The van der Waals surface area contributed by atoms with Crippen LogP contribution in [0.4, 0.5) is 0 Å². The number of rotatable bonds is 4. The van der Waals surface area contributed by atoms with E-state index in [-0.39, 0.29) is 11.9 Å². The van der Waals surface area contributed by atoms with Gasteiger partial charge in [-0.05, 0) is 49.5 Å². The molecule has 3 fully saturated rings. The normalized spacial score (nSPS) is 26.4. The minimum absolute atomic E-state index is 0.192. The summed E-state index contributed by atoms with van der Waals surface area (Å²) in [6.07, 6.45) is 3.69. The Hall–Kier alpha value is -2.32. The first-order valence-electron chi connectivity index (χ1n) is 7.98. The molecule has 120 valence electrons. The largest absolute Gasteiger partial charge is 0.497 e. The smallest absolute Gasteiger partial charge is 0.245 e. The molecular formula is C18H21N3O2. The van der Waals surface area contributed by atoms with E-state index in [4.69, 9.17) is 4.74 Å². The number of nitrogens with zero attached hydrogens (tertiary/aromatic N) is 2. The first kappa shape index (κ1) is 15.6. The first-order chi connectivity index (χ1) is 11.2. The van der Waals surface area contributed by atoms with E-state index in [1.54, 1.807) is 19.2 Å². The Morgan fingerprint density at radius 3 is 2.83 bits per heavy atom. The zero-order valence-corrected chi connectivity index (χ0v) is 13.3. The second kappa shape index (κ2) is 6.84. The molecule has 0 saturated carbocycles. The third kappa shape index (κ3) is 3.54. The number of amides is 1. The average Bonchev–Trinajstić information content (AvgIpc) is 2.60. The Morgan fingerprint density at radius 2 is 2.22 bits per heavy atom. The fraction of sp³-hybridized carbons (Fsp3) is 0.444. The summed E-state index contributed by atoms with van der Waals surface area (Å²) in [4.78, 5) is 14.7. The summed E-state index contributed by atoms with van der Waals surface area (Å²) >= 11 is 0. The fourth-order valence-electron chi connectivity index (χ4n) is 3.45. The van der Waals surface area contributed by atoms with Crippen molar-refractivity contribution in [2.45, 2.75) is 18.9 Å². The molecule has 1 unspecified atom stereocenters. The van der Waals surface area contributed by atoms with Crippen molar-refractivity contribution in [2.75, 3.05) is 26.7 Å². The lowest BCUT2D eigenvalue weighted by atomic mass is 9.84. The molecule has 0 spiro atoms. The lowest BCUT2D eigenvalue weighted by Gasteiger charge is -2.44. The Bertz CT molecular complexity index is 654. The molecule has 1 N–H and O–H groups in total. The molecule has 3 heterocycles. The summed E-state index contributed by atoms with van der Waals surface area (Å²) in [5.41, 5.74) is 1.04. The van der Waals surface area contributed by atoms with Crippen LogP contribution in [0.2, 0.25) is 0 Å². The van der Waals surface area contributed by atoms with Crippen LogP contribution in [0.5, 0.6) is 5.75 Å². The molecule has 0 aromatic heterocycles. The lowest BCUT2D eigenvalue weighted by molar-refractivity contribution is -0.118. The Morgan fingerprint density at radius 1 is 1.43 bits per heavy atom. The number of carbonyl (C=O) groups excluding carboxylic acids is 1. The molecule has 1 amide bonds. The predicted octanol–water partition coefficient (Wildman–Crippen LogP) is 1.81. The van der Waals surface area contributed by atoms with E-state index in [9.17, 15) is 10.1 Å². The number of fused-ring (bicyclic) bond motifs is 3. The van der Waals surface area contributed by atoms with Gasteiger partial charge in [-0.2, -0.15) is 5.26 Å². The number of carbonyl (C=O) groups is 1. The molecule has 3 aliphatic heterocycles. The van der Waals surface area contributed by atoms with Crippen LogP contribution in [-0.4, -0.2) is 43.6 Å². The zero-order chi connectivity index (χ0) is 16.2. The molecule has 1 aromatic carbocycles. The average molecular weight is 311 g/mol. The molecule has 0 radical (unpaired) electrons. The van der Waals surface area contributed by atoms with Crippen LogP contribution < -0.4 is 10.1 Å². The maximum Gasteiger partial charge on any atom is 0.245 e. The van der Waals surface area contributed by atoms with E-state index in [1.807, 2.05) is 12.1 Å². The number of ether oxygens (including phenoxy) is 1. The van der Waals surface area contributed by atoms with E-state index in [0.717, 1.165) is 32.5 Å². The Labute approximate surface area is 136 Å². The molecule has 4 rings (SSSR count). The third-order valence-electron chi connectivity index (χ3n) is 4.76. The minimum Gasteiger partial charge on any atom is -0.497 e. The summed E-state index contributed by atoms with van der Waals surface area (Å²) in [7, 11) is 1.58. The molecule has 0 aliphatic carbocycles. The van der Waals surface area contributed by atoms with Crippen LogP contribution in [0.15, 0.2) is 30.3 Å². The van der Waals surface area contributed by atoms with E-state index in [1.165, 1.54) is 6.08 Å². The summed E-state index contributed by atoms with van der Waals surface area (Å²) in [6.45, 7) is 3.20. The number of benzene rings is 1. The maximum absolute atomic E-state index is 12.3. The number of nitrogens with one attached hydrogen (secondary N) is 1. The highest BCUT2D eigenvalue weighted by Gasteiger charge is 2.34. The van der Waals surface area contributed by atoms with Gasteiger partial charge in [0.05, 0.1) is 18.8 Å². The van der Waals surface area contributed by atoms with Gasteiger partial charge in [-0.25, -0.2) is 0 Å². The van der Waals surface area contributed by atoms with Crippen molar-refractivity contribution >= 4 is 11.5 Å². The van der Waals surface area contributed by atoms with Crippen LogP contribution in [0.3, 0.4) is 0 Å². The molecule has 5 heteroatoms. The second-order valence-corrected chi connectivity index (χ2v) is 6.15. The highest BCUT2D eigenvalue weighted by molar-refractivity contribution is 5.98. The number of piperidine rings is 3. The van der Waals surface area contributed by atoms with E-state index >= 15 is 0 Å². The van der Waals surface area contributed by atoms with E-state index in [2.05, 4.69) is 16.3 Å². The van der Waals surface area contributed by atoms with Crippen molar-refractivity contribution in [2.24, 2.45) is 5.92 Å². The Balaban J connectivity index is 1.70. The van der Waals surface area contributed by atoms with Gasteiger partial charge >= 0.3 is 0 Å². The van der Waals surface area contributed by atoms with Crippen molar-refractivity contribution in [3.63, 3.8) is 0 Å². The number of hydrogen-bond acceptors (Lipinski definition) is 4. The zero-order valence-electron chi connectivity index (χ0n) is 13.3. The highest BCUT2D eigenvalue weighted by Crippen LogP contribution is 2.27. The molecule has 2 bridgehead atoms. The van der Waals surface area contributed by atoms with Crippen molar-refractivity contribution in [3.8, 4) is 11.8 Å². The molecular weight excluding hydrogens is 290 g/mol. The molecule has 3 saturated heterocycles. The molecule has 1 aromatic rings. The van der Waals surface area contributed by atoms with Gasteiger partial charge < -0.3 is 15.0 Å². The predicted molar refractivity (Wildman–Crippen MR) is 87.7 cm³/mol. The van der Waals surface area contributed by atoms with Crippen molar-refractivity contribution < 1.29 is 9.53 Å². The van der Waals surface area contributed by atoms with Crippen molar-refractivity contribution in [1.29, 1.82) is 5.26 Å². The quantitative estimate of drug-likeness (QED) is 0.680. The van der Waals surface area contributed by atoms with Gasteiger partial charge in [0.1, 0.15) is 5.75 Å². The second-order valence-electron chi connectivity index (χ2n) is 6.15. The molecule has 3 aliphatic rings. The standard InChI is InChI=1S/C18H21N3O2/c1-23-16-4-2-3-14(9-16)15(11-19)10-18(22)20-17-12-21-7-5-13(17)6-8-21/h2-4,9-10,13,17H,5-8,12H2,1H3,(H,20,22). The van der Waals surface area contributed by atoms with Crippen LogP contribution in [-0.2, 0) is 4.79 Å². The Kier molecular flexibility index (Phi) is 4.63. The summed E-state index contributed by atoms with van der Waals surface area (Å²) in [5.74, 6) is 1.05. The van der Waals surface area contributed by atoms with Gasteiger partial charge in [-0.1, -0.05) is 12.1 Å². The topological polar surface area (TPSA) is 65.4 Å². The summed E-state index contributed by atoms with van der Waals surface area (Å²) in [5, 5.41) is 12.4. The molecule has 5 nitrogen and oxygen atoms in total. The van der Waals surface area contributed by atoms with Crippen LogP contribution in [0.25, 0.3) is 5.57 Å². The van der Waals surface area contributed by atoms with Crippen LogP contribution in [0, 0.1) is 17.2 Å². The monoisotopic (exact) mass is 311 g/mol.